The third kappa shape index (κ3) is 4.05. The predicted octanol–water partition coefficient (Wildman–Crippen LogP) is 3.43. The van der Waals surface area contributed by atoms with E-state index in [1.54, 1.807) is 25.4 Å². The fourth-order valence-corrected chi connectivity index (χ4v) is 2.45. The lowest BCUT2D eigenvalue weighted by Crippen LogP contribution is -2.17. The van der Waals surface area contributed by atoms with Crippen molar-refractivity contribution in [3.05, 3.63) is 59.7 Å². The first kappa shape index (κ1) is 17.6. The van der Waals surface area contributed by atoms with Crippen LogP contribution in [0.2, 0.25) is 0 Å². The second-order valence-electron chi connectivity index (χ2n) is 5.84. The van der Waals surface area contributed by atoms with Gasteiger partial charge in [-0.2, -0.15) is 4.98 Å². The number of aryl methyl sites for hydroxylation is 2. The van der Waals surface area contributed by atoms with E-state index in [1.807, 2.05) is 38.1 Å². The van der Waals surface area contributed by atoms with E-state index in [1.165, 1.54) is 0 Å². The van der Waals surface area contributed by atoms with E-state index in [2.05, 4.69) is 15.1 Å². The summed E-state index contributed by atoms with van der Waals surface area (Å²) in [6.45, 7) is 5.32. The Morgan fingerprint density at radius 3 is 2.65 bits per heavy atom. The molecule has 0 spiro atoms. The number of carbonyl (C=O) groups excluding carboxylic acids is 1. The van der Waals surface area contributed by atoms with Gasteiger partial charge in [0.1, 0.15) is 5.75 Å². The zero-order valence-electron chi connectivity index (χ0n) is 14.8. The van der Waals surface area contributed by atoms with Crippen molar-refractivity contribution in [1.82, 2.24) is 15.1 Å². The average molecular weight is 353 g/mol. The van der Waals surface area contributed by atoms with Crippen LogP contribution in [-0.4, -0.2) is 27.7 Å². The van der Waals surface area contributed by atoms with Crippen LogP contribution in [0.5, 0.6) is 5.75 Å². The Labute approximate surface area is 151 Å². The van der Waals surface area contributed by atoms with Crippen LogP contribution in [0, 0.1) is 13.8 Å². The number of esters is 1. The molecule has 7 heteroatoms. The maximum absolute atomic E-state index is 12.1. The summed E-state index contributed by atoms with van der Waals surface area (Å²) < 4.78 is 16.1. The minimum atomic E-state index is -0.679. The van der Waals surface area contributed by atoms with E-state index in [4.69, 9.17) is 14.0 Å². The Kier molecular flexibility index (Phi) is 5.26. The lowest BCUT2D eigenvalue weighted by molar-refractivity contribution is -0.152. The van der Waals surface area contributed by atoms with Crippen LogP contribution in [0.3, 0.4) is 0 Å². The molecule has 0 aliphatic heterocycles. The maximum Gasteiger partial charge on any atom is 0.344 e. The number of nitrogens with zero attached hydrogens (tertiary/aromatic N) is 3. The highest BCUT2D eigenvalue weighted by Crippen LogP contribution is 2.23. The molecule has 0 radical (unpaired) electrons. The maximum atomic E-state index is 12.1. The number of hydrogen-bond acceptors (Lipinski definition) is 7. The second kappa shape index (κ2) is 7.77. The Morgan fingerprint density at radius 2 is 1.96 bits per heavy atom. The van der Waals surface area contributed by atoms with Gasteiger partial charge in [-0.3, -0.25) is 4.98 Å². The number of aromatic nitrogens is 3. The van der Waals surface area contributed by atoms with Crippen molar-refractivity contribution in [2.75, 3.05) is 6.61 Å². The van der Waals surface area contributed by atoms with Gasteiger partial charge >= 0.3 is 5.97 Å². The van der Waals surface area contributed by atoms with Crippen molar-refractivity contribution in [2.45, 2.75) is 26.9 Å². The third-order valence-electron chi connectivity index (χ3n) is 3.76. The number of para-hydroxylation sites is 1. The molecule has 0 saturated carbocycles. The summed E-state index contributed by atoms with van der Waals surface area (Å²) >= 11 is 0. The Bertz CT molecular complexity index is 873. The molecular weight excluding hydrogens is 334 g/mol. The normalized spacial score (nSPS) is 11.8. The van der Waals surface area contributed by atoms with Crippen LogP contribution < -0.4 is 4.74 Å². The van der Waals surface area contributed by atoms with Gasteiger partial charge in [-0.25, -0.2) is 4.79 Å². The van der Waals surface area contributed by atoms with Crippen molar-refractivity contribution in [3.8, 4) is 17.1 Å². The highest BCUT2D eigenvalue weighted by atomic mass is 16.6. The molecule has 0 amide bonds. The van der Waals surface area contributed by atoms with Gasteiger partial charge < -0.3 is 14.0 Å². The molecule has 1 atom stereocenters. The molecule has 0 bridgehead atoms. The van der Waals surface area contributed by atoms with Crippen LogP contribution in [0.25, 0.3) is 11.4 Å². The van der Waals surface area contributed by atoms with Gasteiger partial charge in [-0.15, -0.1) is 0 Å². The highest BCUT2D eigenvalue weighted by Gasteiger charge is 2.20. The molecule has 1 unspecified atom stereocenters. The van der Waals surface area contributed by atoms with Crippen molar-refractivity contribution < 1.29 is 18.8 Å². The zero-order valence-corrected chi connectivity index (χ0v) is 14.8. The topological polar surface area (TPSA) is 87.3 Å². The number of pyridine rings is 1. The number of carbonyl (C=O) groups is 1. The molecule has 26 heavy (non-hydrogen) atoms. The SMILES string of the molecule is Cc1cccc(C)c1OCC(=O)OC(C)c1nc(-c2cccnc2)no1. The number of ether oxygens (including phenoxy) is 2. The minimum Gasteiger partial charge on any atom is -0.481 e. The Hall–Kier alpha value is -3.22. The number of hydrogen-bond donors (Lipinski definition) is 0. The minimum absolute atomic E-state index is 0.195. The fourth-order valence-electron chi connectivity index (χ4n) is 2.45. The molecule has 0 aliphatic rings. The first-order valence-corrected chi connectivity index (χ1v) is 8.17. The van der Waals surface area contributed by atoms with Crippen molar-refractivity contribution in [2.24, 2.45) is 0 Å². The standard InChI is InChI=1S/C19H19N3O4/c1-12-6-4-7-13(2)17(12)24-11-16(23)25-14(3)19-21-18(22-26-19)15-8-5-9-20-10-15/h4-10,14H,11H2,1-3H3. The molecule has 1 aromatic carbocycles. The van der Waals surface area contributed by atoms with E-state index in [0.29, 0.717) is 11.6 Å². The summed E-state index contributed by atoms with van der Waals surface area (Å²) in [5.41, 5.74) is 2.65. The molecule has 0 saturated heterocycles. The zero-order chi connectivity index (χ0) is 18.5. The van der Waals surface area contributed by atoms with Crippen molar-refractivity contribution in [3.63, 3.8) is 0 Å². The molecule has 7 nitrogen and oxygen atoms in total. The van der Waals surface area contributed by atoms with Crippen LogP contribution in [0.1, 0.15) is 30.0 Å². The number of benzene rings is 1. The lowest BCUT2D eigenvalue weighted by atomic mass is 10.1. The molecule has 0 N–H and O–H groups in total. The van der Waals surface area contributed by atoms with E-state index in [9.17, 15) is 4.79 Å². The van der Waals surface area contributed by atoms with Gasteiger partial charge in [0, 0.05) is 18.0 Å². The largest absolute Gasteiger partial charge is 0.481 e. The van der Waals surface area contributed by atoms with Crippen molar-refractivity contribution >= 4 is 5.97 Å². The second-order valence-corrected chi connectivity index (χ2v) is 5.84. The summed E-state index contributed by atoms with van der Waals surface area (Å²) in [7, 11) is 0. The molecule has 0 aliphatic carbocycles. The first-order valence-electron chi connectivity index (χ1n) is 8.17. The molecular formula is C19H19N3O4. The smallest absolute Gasteiger partial charge is 0.344 e. The Balaban J connectivity index is 1.59. The third-order valence-corrected chi connectivity index (χ3v) is 3.76. The van der Waals surface area contributed by atoms with Crippen LogP contribution in [0.15, 0.2) is 47.2 Å². The van der Waals surface area contributed by atoms with Gasteiger partial charge in [0.2, 0.25) is 5.82 Å². The average Bonchev–Trinajstić information content (AvgIpc) is 3.12. The van der Waals surface area contributed by atoms with E-state index < -0.39 is 12.1 Å². The van der Waals surface area contributed by atoms with E-state index in [0.717, 1.165) is 16.7 Å². The molecule has 3 aromatic rings. The van der Waals surface area contributed by atoms with Crippen LogP contribution in [0.4, 0.5) is 0 Å². The summed E-state index contributed by atoms with van der Waals surface area (Å²) in [6, 6.07) is 9.38. The van der Waals surface area contributed by atoms with Crippen LogP contribution >= 0.6 is 0 Å². The van der Waals surface area contributed by atoms with E-state index in [-0.39, 0.29) is 12.5 Å². The van der Waals surface area contributed by atoms with Crippen LogP contribution in [-0.2, 0) is 9.53 Å². The molecule has 2 heterocycles. The summed E-state index contributed by atoms with van der Waals surface area (Å²) in [5.74, 6) is 0.780. The quantitative estimate of drug-likeness (QED) is 0.627. The fraction of sp³-hybridized carbons (Fsp3) is 0.263. The lowest BCUT2D eigenvalue weighted by Gasteiger charge is -2.13. The summed E-state index contributed by atoms with van der Waals surface area (Å²) in [5, 5.41) is 3.88. The molecule has 3 rings (SSSR count). The van der Waals surface area contributed by atoms with Gasteiger partial charge in [0.15, 0.2) is 12.7 Å². The summed E-state index contributed by atoms with van der Waals surface area (Å²) in [6.07, 6.45) is 2.61. The summed E-state index contributed by atoms with van der Waals surface area (Å²) in [4.78, 5) is 20.3. The monoisotopic (exact) mass is 353 g/mol. The first-order chi connectivity index (χ1) is 12.5. The highest BCUT2D eigenvalue weighted by molar-refractivity contribution is 5.71. The number of rotatable bonds is 6. The van der Waals surface area contributed by atoms with E-state index >= 15 is 0 Å². The van der Waals surface area contributed by atoms with Gasteiger partial charge in [-0.1, -0.05) is 23.4 Å². The molecule has 0 fully saturated rings. The molecule has 134 valence electrons. The Morgan fingerprint density at radius 1 is 1.19 bits per heavy atom. The van der Waals surface area contributed by atoms with Gasteiger partial charge in [-0.05, 0) is 44.0 Å². The van der Waals surface area contributed by atoms with Gasteiger partial charge in [0.25, 0.3) is 5.89 Å². The van der Waals surface area contributed by atoms with Gasteiger partial charge in [0.05, 0.1) is 0 Å². The molecule has 2 aromatic heterocycles. The predicted molar refractivity (Wildman–Crippen MR) is 93.4 cm³/mol. The van der Waals surface area contributed by atoms with Crippen molar-refractivity contribution in [1.29, 1.82) is 0 Å².